The molecule has 2 amide bonds. The van der Waals surface area contributed by atoms with E-state index in [-0.39, 0.29) is 55.2 Å². The summed E-state index contributed by atoms with van der Waals surface area (Å²) >= 11 is 0. The van der Waals surface area contributed by atoms with Gasteiger partial charge in [0, 0.05) is 49.3 Å². The zero-order chi connectivity index (χ0) is 37.5. The van der Waals surface area contributed by atoms with E-state index in [2.05, 4.69) is 0 Å². The van der Waals surface area contributed by atoms with Gasteiger partial charge in [-0.15, -0.1) is 0 Å². The van der Waals surface area contributed by atoms with Crippen molar-refractivity contribution in [2.45, 2.75) is 58.8 Å². The van der Waals surface area contributed by atoms with Gasteiger partial charge in [0.15, 0.2) is 5.60 Å². The van der Waals surface area contributed by atoms with Crippen LogP contribution in [0.4, 0.5) is 4.79 Å². The van der Waals surface area contributed by atoms with E-state index in [1.165, 1.54) is 0 Å². The van der Waals surface area contributed by atoms with Crippen molar-refractivity contribution in [1.29, 1.82) is 0 Å². The van der Waals surface area contributed by atoms with Crippen LogP contribution in [0.3, 0.4) is 0 Å². The molecule has 15 nitrogen and oxygen atoms in total. The highest BCUT2D eigenvalue weighted by Gasteiger charge is 2.45. The second-order valence-electron chi connectivity index (χ2n) is 13.1. The summed E-state index contributed by atoms with van der Waals surface area (Å²) in [5.74, 6) is -0.436. The minimum atomic E-state index is -1.90. The van der Waals surface area contributed by atoms with Crippen LogP contribution in [0, 0.1) is 0 Å². The Balaban J connectivity index is 1.01. The molecule has 0 saturated carbocycles. The van der Waals surface area contributed by atoms with E-state index in [9.17, 15) is 24.3 Å². The fourth-order valence-corrected chi connectivity index (χ4v) is 7.03. The van der Waals surface area contributed by atoms with E-state index >= 15 is 0 Å². The molecule has 3 aromatic rings. The molecule has 1 unspecified atom stereocenters. The van der Waals surface area contributed by atoms with Crippen LogP contribution in [0.1, 0.15) is 55.9 Å². The number of carbonyl (C=O) groups excluding carboxylic acids is 3. The summed E-state index contributed by atoms with van der Waals surface area (Å²) in [5, 5.41) is 12.0. The van der Waals surface area contributed by atoms with Gasteiger partial charge >= 0.3 is 12.1 Å². The SMILES string of the molecule is CCOCCOCCOCCOCCC(=O)N1CCN(C(=O)Oc2ccc3nc4c(c(CC)c3c2)Cn2c-4cc3c(c2=O)COC(=O)C3(O)CC)CC1. The number of hydrogen-bond acceptors (Lipinski definition) is 12. The second-order valence-corrected chi connectivity index (χ2v) is 13.1. The first-order valence-electron chi connectivity index (χ1n) is 18.4. The minimum absolute atomic E-state index is 0.0317. The molecule has 0 aliphatic carbocycles. The maximum absolute atomic E-state index is 13.6. The van der Waals surface area contributed by atoms with E-state index in [4.69, 9.17) is 33.4 Å². The molecule has 286 valence electrons. The predicted molar refractivity (Wildman–Crippen MR) is 192 cm³/mol. The van der Waals surface area contributed by atoms with Crippen LogP contribution in [0.2, 0.25) is 0 Å². The Bertz CT molecular complexity index is 1890. The number of carbonyl (C=O) groups is 3. The highest BCUT2D eigenvalue weighted by molar-refractivity contribution is 5.90. The van der Waals surface area contributed by atoms with Gasteiger partial charge in [0.25, 0.3) is 5.56 Å². The molecule has 1 atom stereocenters. The highest BCUT2D eigenvalue weighted by atomic mass is 16.6. The number of aromatic nitrogens is 2. The maximum atomic E-state index is 13.6. The molecule has 0 spiro atoms. The number of hydrogen-bond donors (Lipinski definition) is 1. The zero-order valence-electron chi connectivity index (χ0n) is 30.6. The third kappa shape index (κ3) is 8.09. The van der Waals surface area contributed by atoms with E-state index in [0.29, 0.717) is 102 Å². The molecule has 6 rings (SSSR count). The molecule has 5 heterocycles. The number of nitrogens with zero attached hydrogens (tertiary/aromatic N) is 4. The number of benzene rings is 1. The van der Waals surface area contributed by atoms with Crippen LogP contribution >= 0.6 is 0 Å². The van der Waals surface area contributed by atoms with Gasteiger partial charge < -0.3 is 47.9 Å². The van der Waals surface area contributed by atoms with Crippen LogP contribution in [-0.2, 0) is 58.4 Å². The van der Waals surface area contributed by atoms with Crippen LogP contribution in [0.15, 0.2) is 29.1 Å². The average Bonchev–Trinajstić information content (AvgIpc) is 3.54. The van der Waals surface area contributed by atoms with Crippen molar-refractivity contribution < 1.29 is 47.9 Å². The van der Waals surface area contributed by atoms with Crippen molar-refractivity contribution in [2.24, 2.45) is 0 Å². The molecule has 2 aromatic heterocycles. The van der Waals surface area contributed by atoms with Gasteiger partial charge in [-0.3, -0.25) is 9.59 Å². The van der Waals surface area contributed by atoms with Crippen molar-refractivity contribution >= 4 is 28.9 Å². The van der Waals surface area contributed by atoms with Gasteiger partial charge in [-0.2, -0.15) is 0 Å². The molecule has 3 aliphatic rings. The largest absolute Gasteiger partial charge is 0.458 e. The number of ether oxygens (including phenoxy) is 6. The number of aliphatic hydroxyl groups is 1. The quantitative estimate of drug-likeness (QED) is 0.132. The molecule has 3 aliphatic heterocycles. The van der Waals surface area contributed by atoms with Gasteiger partial charge in [0.1, 0.15) is 12.4 Å². The van der Waals surface area contributed by atoms with Crippen molar-refractivity contribution in [3.05, 3.63) is 56.9 Å². The minimum Gasteiger partial charge on any atom is -0.458 e. The molecular weight excluding hydrogens is 688 g/mol. The van der Waals surface area contributed by atoms with Crippen LogP contribution in [0.25, 0.3) is 22.3 Å². The van der Waals surface area contributed by atoms with E-state index in [1.807, 2.05) is 13.8 Å². The molecule has 1 fully saturated rings. The van der Waals surface area contributed by atoms with E-state index < -0.39 is 17.7 Å². The van der Waals surface area contributed by atoms with Gasteiger partial charge in [0.05, 0.1) is 81.7 Å². The Kier molecular flexibility index (Phi) is 12.4. The molecule has 1 saturated heterocycles. The lowest BCUT2D eigenvalue weighted by atomic mass is 9.86. The predicted octanol–water partition coefficient (Wildman–Crippen LogP) is 2.76. The number of amides is 2. The number of aryl methyl sites for hydroxylation is 1. The maximum Gasteiger partial charge on any atom is 0.415 e. The third-order valence-corrected chi connectivity index (χ3v) is 10.0. The number of cyclic esters (lactones) is 1. The number of rotatable bonds is 16. The summed E-state index contributed by atoms with van der Waals surface area (Å²) in [4.78, 5) is 60.3. The first-order chi connectivity index (χ1) is 25.7. The van der Waals surface area contributed by atoms with Crippen molar-refractivity contribution in [1.82, 2.24) is 19.4 Å². The third-order valence-electron chi connectivity index (χ3n) is 10.0. The normalized spacial score (nSPS) is 17.8. The van der Waals surface area contributed by atoms with E-state index in [0.717, 1.165) is 16.5 Å². The smallest absolute Gasteiger partial charge is 0.415 e. The van der Waals surface area contributed by atoms with Crippen molar-refractivity contribution in [3.63, 3.8) is 0 Å². The van der Waals surface area contributed by atoms with Gasteiger partial charge in [0.2, 0.25) is 5.91 Å². The lowest BCUT2D eigenvalue weighted by Crippen LogP contribution is -2.51. The van der Waals surface area contributed by atoms with Crippen LogP contribution in [0.5, 0.6) is 5.75 Å². The molecule has 1 N–H and O–H groups in total. The average molecular weight is 737 g/mol. The first-order valence-corrected chi connectivity index (χ1v) is 18.4. The Morgan fingerprint density at radius 3 is 2.19 bits per heavy atom. The molecule has 0 radical (unpaired) electrons. The molecule has 15 heteroatoms. The van der Waals surface area contributed by atoms with Crippen molar-refractivity contribution in [2.75, 3.05) is 79.0 Å². The lowest BCUT2D eigenvalue weighted by Gasteiger charge is -2.34. The topological polar surface area (TPSA) is 168 Å². The summed E-state index contributed by atoms with van der Waals surface area (Å²) in [6.07, 6.45) is 0.435. The Labute approximate surface area is 307 Å². The summed E-state index contributed by atoms with van der Waals surface area (Å²) < 4.78 is 34.2. The highest BCUT2D eigenvalue weighted by Crippen LogP contribution is 2.40. The fourth-order valence-electron chi connectivity index (χ4n) is 7.03. The second kappa shape index (κ2) is 17.2. The fraction of sp³-hybridized carbons (Fsp3) is 0.553. The zero-order valence-corrected chi connectivity index (χ0v) is 30.6. The van der Waals surface area contributed by atoms with Gasteiger partial charge in [-0.25, -0.2) is 14.6 Å². The first kappa shape index (κ1) is 38.3. The van der Waals surface area contributed by atoms with E-state index in [1.54, 1.807) is 45.6 Å². The number of pyridine rings is 2. The van der Waals surface area contributed by atoms with Crippen LogP contribution < -0.4 is 10.3 Å². The molecule has 1 aromatic carbocycles. The Hall–Kier alpha value is -4.41. The summed E-state index contributed by atoms with van der Waals surface area (Å²) in [6, 6.07) is 6.95. The summed E-state index contributed by atoms with van der Waals surface area (Å²) in [7, 11) is 0. The van der Waals surface area contributed by atoms with Crippen LogP contribution in [-0.4, -0.2) is 121 Å². The van der Waals surface area contributed by atoms with Gasteiger partial charge in [-0.1, -0.05) is 13.8 Å². The Morgan fingerprint density at radius 2 is 1.53 bits per heavy atom. The number of piperazine rings is 1. The lowest BCUT2D eigenvalue weighted by molar-refractivity contribution is -0.172. The summed E-state index contributed by atoms with van der Waals surface area (Å²) in [6.45, 7) is 11.0. The Morgan fingerprint density at radius 1 is 0.868 bits per heavy atom. The number of fused-ring (bicyclic) bond motifs is 5. The van der Waals surface area contributed by atoms with Crippen molar-refractivity contribution in [3.8, 4) is 17.1 Å². The standard InChI is InChI=1S/C38H48N4O11/c1-4-26-27-21-25(53-37(46)41-12-10-40(11-13-41)33(43)9-14-49-17-18-51-20-19-50-16-15-48-6-3)7-8-31(27)39-34-28(26)23-42-32(34)22-30-29(35(42)44)24-52-36(45)38(30,47)5-2/h7-8,21-22,47H,4-6,9-20,23-24H2,1-3H3. The summed E-state index contributed by atoms with van der Waals surface area (Å²) in [5.41, 5.74) is 1.96. The monoisotopic (exact) mass is 736 g/mol. The van der Waals surface area contributed by atoms with Gasteiger partial charge in [-0.05, 0) is 49.6 Å². The molecule has 0 bridgehead atoms. The molecular formula is C38H48N4O11. The number of esters is 1. The molecule has 53 heavy (non-hydrogen) atoms.